The fourth-order valence-electron chi connectivity index (χ4n) is 5.84. The van der Waals surface area contributed by atoms with E-state index in [9.17, 15) is 0 Å². The van der Waals surface area contributed by atoms with Crippen LogP contribution in [0.25, 0.3) is 46.4 Å². The standard InChI is InChI=1S/C18H18S.C17H18OS.C12H10/c1-2-3-4-5-8-14-11-12-16-15-9-6-7-10-17(15)19-18(16)13-14;1-2-3-6-11-18-13-9-10-15-14-7-4-5-8-16(14)19-17(15)12-13;1-4-10-7-8-11(5-2)12(6-3)9-10/h5-13H,2-4H2,1H3;4-5,7-10,12H,2-3,6,11H2,1H3;1-2,7-9H,6H2,3H3. The fourth-order valence-corrected chi connectivity index (χ4v) is 8.13. The van der Waals surface area contributed by atoms with Crippen LogP contribution in [0.2, 0.25) is 0 Å². The molecule has 0 amide bonds. The number of aryl methyl sites for hydroxylation is 1. The number of rotatable bonds is 10. The predicted octanol–water partition coefficient (Wildman–Crippen LogP) is 14.1. The predicted molar refractivity (Wildman–Crippen MR) is 224 cm³/mol. The number of thiophene rings is 2. The lowest BCUT2D eigenvalue weighted by Gasteiger charge is -2.05. The molecule has 0 unspecified atom stereocenters. The van der Waals surface area contributed by atoms with Gasteiger partial charge in [0.2, 0.25) is 0 Å². The minimum atomic E-state index is 0.824. The van der Waals surface area contributed by atoms with Gasteiger partial charge in [0.15, 0.2) is 0 Å². The van der Waals surface area contributed by atoms with Crippen LogP contribution in [-0.2, 0) is 6.42 Å². The average molecular weight is 691 g/mol. The summed E-state index contributed by atoms with van der Waals surface area (Å²) in [6.45, 7) is 7.33. The largest absolute Gasteiger partial charge is 0.494 e. The number of terminal acetylenes is 2. The number of fused-ring (bicyclic) bond motifs is 6. The Bertz CT molecular complexity index is 2270. The van der Waals surface area contributed by atoms with Gasteiger partial charge in [-0.2, -0.15) is 0 Å². The smallest absolute Gasteiger partial charge is 0.120 e. The maximum Gasteiger partial charge on any atom is 0.120 e. The van der Waals surface area contributed by atoms with Crippen LogP contribution >= 0.6 is 22.7 Å². The second-order valence-corrected chi connectivity index (χ2v) is 14.4. The van der Waals surface area contributed by atoms with E-state index in [0.717, 1.165) is 41.9 Å². The van der Waals surface area contributed by atoms with E-state index in [1.54, 1.807) is 0 Å². The highest BCUT2D eigenvalue weighted by atomic mass is 32.1. The molecule has 1 nitrogen and oxygen atoms in total. The molecule has 3 heteroatoms. The summed E-state index contributed by atoms with van der Waals surface area (Å²) < 4.78 is 11.2. The number of hydrogen-bond acceptors (Lipinski definition) is 3. The van der Waals surface area contributed by atoms with Gasteiger partial charge >= 0.3 is 0 Å². The molecule has 50 heavy (non-hydrogen) atoms. The van der Waals surface area contributed by atoms with Gasteiger partial charge in [-0.15, -0.1) is 35.5 Å². The number of allylic oxidation sites excluding steroid dienone is 1. The zero-order valence-corrected chi connectivity index (χ0v) is 31.1. The van der Waals surface area contributed by atoms with Crippen LogP contribution in [-0.4, -0.2) is 6.61 Å². The second-order valence-electron chi connectivity index (χ2n) is 12.2. The topological polar surface area (TPSA) is 9.23 Å². The quantitative estimate of drug-likeness (QED) is 0.103. The van der Waals surface area contributed by atoms with Crippen molar-refractivity contribution in [2.45, 2.75) is 65.7 Å². The van der Waals surface area contributed by atoms with E-state index < -0.39 is 0 Å². The average Bonchev–Trinajstić information content (AvgIpc) is 3.73. The summed E-state index contributed by atoms with van der Waals surface area (Å²) in [5.74, 6) is 6.21. The van der Waals surface area contributed by atoms with E-state index in [4.69, 9.17) is 17.6 Å². The summed E-state index contributed by atoms with van der Waals surface area (Å²) in [7, 11) is 0. The first-order valence-electron chi connectivity index (χ1n) is 17.8. The fraction of sp³-hybridized carbons (Fsp3) is 0.234. The molecule has 2 aromatic heterocycles. The molecule has 0 radical (unpaired) electrons. The molecule has 7 aromatic rings. The van der Waals surface area contributed by atoms with Crippen molar-refractivity contribution in [3.8, 4) is 30.4 Å². The lowest BCUT2D eigenvalue weighted by Crippen LogP contribution is -1.96. The molecule has 2 heterocycles. The Labute approximate surface area is 306 Å². The van der Waals surface area contributed by atoms with E-state index >= 15 is 0 Å². The molecule has 0 aliphatic carbocycles. The molecule has 5 aromatic carbocycles. The summed E-state index contributed by atoms with van der Waals surface area (Å²) >= 11 is 3.73. The minimum Gasteiger partial charge on any atom is -0.494 e. The van der Waals surface area contributed by atoms with Gasteiger partial charge in [0, 0.05) is 51.5 Å². The first-order chi connectivity index (χ1) is 24.6. The van der Waals surface area contributed by atoms with Gasteiger partial charge in [0.25, 0.3) is 0 Å². The Hall–Kier alpha value is -4.80. The molecule has 0 saturated heterocycles. The molecule has 0 bridgehead atoms. The van der Waals surface area contributed by atoms with Crippen molar-refractivity contribution in [1.82, 2.24) is 0 Å². The third kappa shape index (κ3) is 9.46. The monoisotopic (exact) mass is 690 g/mol. The van der Waals surface area contributed by atoms with Crippen molar-refractivity contribution >= 4 is 69.1 Å². The lowest BCUT2D eigenvalue weighted by atomic mass is 10.0. The van der Waals surface area contributed by atoms with Crippen molar-refractivity contribution in [3.05, 3.63) is 131 Å². The van der Waals surface area contributed by atoms with Gasteiger partial charge < -0.3 is 4.74 Å². The van der Waals surface area contributed by atoms with Crippen molar-refractivity contribution in [2.24, 2.45) is 0 Å². The maximum atomic E-state index is 5.82. The second kappa shape index (κ2) is 18.8. The van der Waals surface area contributed by atoms with Gasteiger partial charge in [-0.3, -0.25) is 0 Å². The highest BCUT2D eigenvalue weighted by Crippen LogP contribution is 2.36. The van der Waals surface area contributed by atoms with Crippen molar-refractivity contribution < 1.29 is 4.74 Å². The van der Waals surface area contributed by atoms with Crippen LogP contribution in [0.15, 0.2) is 109 Å². The van der Waals surface area contributed by atoms with Crippen LogP contribution in [0, 0.1) is 24.7 Å². The van der Waals surface area contributed by atoms with E-state index in [1.807, 2.05) is 40.9 Å². The minimum absolute atomic E-state index is 0.824. The van der Waals surface area contributed by atoms with Gasteiger partial charge in [-0.25, -0.2) is 0 Å². The van der Waals surface area contributed by atoms with Gasteiger partial charge in [-0.1, -0.05) is 119 Å². The summed E-state index contributed by atoms with van der Waals surface area (Å²) in [4.78, 5) is 0. The molecule has 0 aliphatic rings. The highest BCUT2D eigenvalue weighted by molar-refractivity contribution is 7.26. The normalized spacial score (nSPS) is 10.8. The molecule has 0 spiro atoms. The van der Waals surface area contributed by atoms with E-state index in [1.165, 1.54) is 78.0 Å². The molecular formula is C47H46OS2. The maximum absolute atomic E-state index is 5.82. The van der Waals surface area contributed by atoms with Gasteiger partial charge in [0.05, 0.1) is 6.61 Å². The summed E-state index contributed by atoms with van der Waals surface area (Å²) in [6, 6.07) is 36.2. The molecule has 0 N–H and O–H groups in total. The number of unbranched alkanes of at least 4 members (excludes halogenated alkanes) is 4. The Morgan fingerprint density at radius 1 is 0.620 bits per heavy atom. The summed E-state index contributed by atoms with van der Waals surface area (Å²) in [5.41, 5.74) is 4.30. The highest BCUT2D eigenvalue weighted by Gasteiger charge is 2.06. The third-order valence-electron chi connectivity index (χ3n) is 8.61. The molecule has 0 fully saturated rings. The van der Waals surface area contributed by atoms with Crippen LogP contribution < -0.4 is 4.74 Å². The van der Waals surface area contributed by atoms with Crippen LogP contribution in [0.1, 0.15) is 81.5 Å². The number of hydrogen-bond donors (Lipinski definition) is 0. The van der Waals surface area contributed by atoms with Crippen molar-refractivity contribution in [2.75, 3.05) is 6.61 Å². The zero-order chi connectivity index (χ0) is 35.1. The van der Waals surface area contributed by atoms with Crippen molar-refractivity contribution in [1.29, 1.82) is 0 Å². The molecule has 0 saturated carbocycles. The summed E-state index contributed by atoms with van der Waals surface area (Å²) in [5, 5.41) is 5.44. The molecule has 0 atom stereocenters. The van der Waals surface area contributed by atoms with E-state index in [0.29, 0.717) is 0 Å². The van der Waals surface area contributed by atoms with Crippen LogP contribution in [0.3, 0.4) is 0 Å². The Morgan fingerprint density at radius 3 is 1.90 bits per heavy atom. The van der Waals surface area contributed by atoms with E-state index in [-0.39, 0.29) is 0 Å². The molecular weight excluding hydrogens is 645 g/mol. The Balaban J connectivity index is 0.000000150. The SMILES string of the molecule is C#Cc1ccc(C#C)c(CC)c1.CCCCC=Cc1ccc2c(c1)sc1ccccc12.CCCCCOc1ccc2c(c1)sc1ccccc12. The van der Waals surface area contributed by atoms with Crippen molar-refractivity contribution in [3.63, 3.8) is 0 Å². The first-order valence-corrected chi connectivity index (χ1v) is 19.4. The molecule has 252 valence electrons. The Morgan fingerprint density at radius 2 is 1.26 bits per heavy atom. The number of benzene rings is 5. The Kier molecular flexibility index (Phi) is 13.7. The zero-order valence-electron chi connectivity index (χ0n) is 29.5. The van der Waals surface area contributed by atoms with Gasteiger partial charge in [0.1, 0.15) is 5.75 Å². The first kappa shape index (κ1) is 36.5. The van der Waals surface area contributed by atoms with E-state index in [2.05, 4.69) is 130 Å². The number of ether oxygens (including phenoxy) is 1. The third-order valence-corrected chi connectivity index (χ3v) is 10.9. The molecule has 0 aliphatic heterocycles. The van der Waals surface area contributed by atoms with Gasteiger partial charge in [-0.05, 0) is 85.0 Å². The summed E-state index contributed by atoms with van der Waals surface area (Å²) in [6.07, 6.45) is 23.4. The van der Waals surface area contributed by atoms with Crippen LogP contribution in [0.5, 0.6) is 5.75 Å². The van der Waals surface area contributed by atoms with Crippen LogP contribution in [0.4, 0.5) is 0 Å². The lowest BCUT2D eigenvalue weighted by molar-refractivity contribution is 0.306. The molecule has 7 rings (SSSR count).